The van der Waals surface area contributed by atoms with Gasteiger partial charge in [0.25, 0.3) is 0 Å². The molecule has 0 amide bonds. The molecule has 0 aliphatic heterocycles. The summed E-state index contributed by atoms with van der Waals surface area (Å²) in [5.41, 5.74) is -0.00146. The number of thiophene rings is 1. The quantitative estimate of drug-likeness (QED) is 0.742. The van der Waals surface area contributed by atoms with E-state index in [-0.39, 0.29) is 11.4 Å². The molecule has 1 unspecified atom stereocenters. The van der Waals surface area contributed by atoms with Gasteiger partial charge in [0.1, 0.15) is 23.6 Å². The molecule has 0 aliphatic rings. The summed E-state index contributed by atoms with van der Waals surface area (Å²) >= 11 is 1.24. The Balaban J connectivity index is 2.05. The molecule has 0 fully saturated rings. The van der Waals surface area contributed by atoms with E-state index in [2.05, 4.69) is 0 Å². The van der Waals surface area contributed by atoms with Gasteiger partial charge in [-0.1, -0.05) is 6.07 Å². The van der Waals surface area contributed by atoms with E-state index in [1.165, 1.54) is 29.5 Å². The number of rotatable bonds is 2. The van der Waals surface area contributed by atoms with Gasteiger partial charge >= 0.3 is 0 Å². The monoisotopic (exact) mass is 294 g/mol. The zero-order chi connectivity index (χ0) is 14.3. The first kappa shape index (κ1) is 13.1. The van der Waals surface area contributed by atoms with Gasteiger partial charge in [-0.25, -0.2) is 13.2 Å². The summed E-state index contributed by atoms with van der Waals surface area (Å²) in [4.78, 5) is 0.483. The van der Waals surface area contributed by atoms with Crippen molar-refractivity contribution in [3.05, 3.63) is 70.4 Å². The number of benzene rings is 2. The SMILES string of the molecule is OC(c1cc2cc(F)ccc2s1)c1ccc(F)cc1F. The molecule has 1 nitrogen and oxygen atoms in total. The van der Waals surface area contributed by atoms with Gasteiger partial charge < -0.3 is 5.11 Å². The van der Waals surface area contributed by atoms with Crippen LogP contribution in [-0.4, -0.2) is 5.11 Å². The summed E-state index contributed by atoms with van der Waals surface area (Å²) in [7, 11) is 0. The van der Waals surface area contributed by atoms with Crippen molar-refractivity contribution < 1.29 is 18.3 Å². The lowest BCUT2D eigenvalue weighted by atomic mass is 10.1. The van der Waals surface area contributed by atoms with Crippen molar-refractivity contribution in [3.8, 4) is 0 Å². The van der Waals surface area contributed by atoms with E-state index in [1.807, 2.05) is 0 Å². The lowest BCUT2D eigenvalue weighted by Crippen LogP contribution is -2.00. The highest BCUT2D eigenvalue weighted by Crippen LogP contribution is 2.34. The Bertz CT molecular complexity index is 782. The molecule has 0 saturated carbocycles. The largest absolute Gasteiger partial charge is 0.383 e. The molecule has 3 rings (SSSR count). The first-order valence-electron chi connectivity index (χ1n) is 5.86. The van der Waals surface area contributed by atoms with E-state index in [0.29, 0.717) is 10.3 Å². The van der Waals surface area contributed by atoms with E-state index in [0.717, 1.165) is 16.8 Å². The lowest BCUT2D eigenvalue weighted by molar-refractivity contribution is 0.218. The highest BCUT2D eigenvalue weighted by molar-refractivity contribution is 7.19. The molecule has 3 aromatic rings. The van der Waals surface area contributed by atoms with Crippen LogP contribution in [0, 0.1) is 17.5 Å². The second kappa shape index (κ2) is 4.92. The summed E-state index contributed by atoms with van der Waals surface area (Å²) in [5.74, 6) is -1.87. The predicted octanol–water partition coefficient (Wildman–Crippen LogP) is 4.40. The zero-order valence-corrected chi connectivity index (χ0v) is 10.9. The van der Waals surface area contributed by atoms with Gasteiger partial charge in [-0.2, -0.15) is 0 Å². The van der Waals surface area contributed by atoms with E-state index >= 15 is 0 Å². The molecule has 0 aliphatic carbocycles. The second-order valence-corrected chi connectivity index (χ2v) is 5.51. The van der Waals surface area contributed by atoms with Crippen LogP contribution in [0.15, 0.2) is 42.5 Å². The van der Waals surface area contributed by atoms with E-state index in [1.54, 1.807) is 12.1 Å². The van der Waals surface area contributed by atoms with Crippen molar-refractivity contribution in [2.75, 3.05) is 0 Å². The number of hydrogen-bond donors (Lipinski definition) is 1. The van der Waals surface area contributed by atoms with Crippen LogP contribution in [0.1, 0.15) is 16.5 Å². The zero-order valence-electron chi connectivity index (χ0n) is 10.1. The number of hydrogen-bond acceptors (Lipinski definition) is 2. The van der Waals surface area contributed by atoms with Crippen LogP contribution in [0.25, 0.3) is 10.1 Å². The van der Waals surface area contributed by atoms with Crippen LogP contribution in [0.5, 0.6) is 0 Å². The minimum atomic E-state index is -1.20. The number of halogens is 3. The number of aliphatic hydroxyl groups excluding tert-OH is 1. The number of fused-ring (bicyclic) bond motifs is 1. The minimum Gasteiger partial charge on any atom is -0.383 e. The van der Waals surface area contributed by atoms with Crippen molar-refractivity contribution in [1.82, 2.24) is 0 Å². The second-order valence-electron chi connectivity index (χ2n) is 4.40. The van der Waals surface area contributed by atoms with Crippen molar-refractivity contribution in [2.45, 2.75) is 6.10 Å². The normalized spacial score (nSPS) is 12.8. The van der Waals surface area contributed by atoms with Gasteiger partial charge in [-0.15, -0.1) is 11.3 Å². The molecule has 20 heavy (non-hydrogen) atoms. The van der Waals surface area contributed by atoms with Crippen LogP contribution in [0.4, 0.5) is 13.2 Å². The van der Waals surface area contributed by atoms with Gasteiger partial charge in [-0.05, 0) is 35.7 Å². The Morgan fingerprint density at radius 2 is 1.60 bits per heavy atom. The third kappa shape index (κ3) is 2.30. The minimum absolute atomic E-state index is 0.00146. The molecular formula is C15H9F3OS. The van der Waals surface area contributed by atoms with Crippen molar-refractivity contribution in [3.63, 3.8) is 0 Å². The van der Waals surface area contributed by atoms with E-state index < -0.39 is 17.7 Å². The van der Waals surface area contributed by atoms with Gasteiger partial charge in [0.05, 0.1) is 0 Å². The molecule has 0 radical (unpaired) electrons. The Kier molecular flexibility index (Phi) is 3.23. The van der Waals surface area contributed by atoms with Crippen LogP contribution < -0.4 is 0 Å². The topological polar surface area (TPSA) is 20.2 Å². The first-order chi connectivity index (χ1) is 9.54. The standard InChI is InChI=1S/C15H9F3OS/c16-9-2-4-13-8(5-9)6-14(20-13)15(19)11-3-1-10(17)7-12(11)18/h1-7,15,19H. The van der Waals surface area contributed by atoms with Gasteiger partial charge in [-0.3, -0.25) is 0 Å². The average Bonchev–Trinajstić information content (AvgIpc) is 2.81. The molecule has 0 bridgehead atoms. The molecule has 0 spiro atoms. The molecule has 1 N–H and O–H groups in total. The van der Waals surface area contributed by atoms with Crippen molar-refractivity contribution in [2.24, 2.45) is 0 Å². The summed E-state index contributed by atoms with van der Waals surface area (Å²) in [6.45, 7) is 0. The van der Waals surface area contributed by atoms with Gasteiger partial charge in [0, 0.05) is 21.2 Å². The Morgan fingerprint density at radius 1 is 0.900 bits per heavy atom. The summed E-state index contributed by atoms with van der Waals surface area (Å²) < 4.78 is 40.4. The average molecular weight is 294 g/mol. The van der Waals surface area contributed by atoms with Crippen LogP contribution in [0.2, 0.25) is 0 Å². The maximum atomic E-state index is 13.7. The Hall–Kier alpha value is -1.85. The fourth-order valence-electron chi connectivity index (χ4n) is 2.05. The first-order valence-corrected chi connectivity index (χ1v) is 6.68. The lowest BCUT2D eigenvalue weighted by Gasteiger charge is -2.09. The Morgan fingerprint density at radius 3 is 2.35 bits per heavy atom. The van der Waals surface area contributed by atoms with Crippen LogP contribution in [-0.2, 0) is 0 Å². The highest BCUT2D eigenvalue weighted by Gasteiger charge is 2.18. The number of aliphatic hydroxyl groups is 1. The maximum absolute atomic E-state index is 13.7. The van der Waals surface area contributed by atoms with E-state index in [9.17, 15) is 18.3 Å². The predicted molar refractivity (Wildman–Crippen MR) is 72.2 cm³/mol. The molecule has 1 aromatic heterocycles. The molecule has 1 atom stereocenters. The van der Waals surface area contributed by atoms with Gasteiger partial charge in [0.2, 0.25) is 0 Å². The molecular weight excluding hydrogens is 285 g/mol. The summed E-state index contributed by atoms with van der Waals surface area (Å²) in [6.07, 6.45) is -1.20. The third-order valence-electron chi connectivity index (χ3n) is 3.02. The smallest absolute Gasteiger partial charge is 0.132 e. The van der Waals surface area contributed by atoms with Crippen molar-refractivity contribution >= 4 is 21.4 Å². The fraction of sp³-hybridized carbons (Fsp3) is 0.0667. The van der Waals surface area contributed by atoms with Crippen LogP contribution in [0.3, 0.4) is 0 Å². The highest BCUT2D eigenvalue weighted by atomic mass is 32.1. The molecule has 102 valence electrons. The summed E-state index contributed by atoms with van der Waals surface area (Å²) in [5, 5.41) is 10.8. The van der Waals surface area contributed by atoms with Crippen molar-refractivity contribution in [1.29, 1.82) is 0 Å². The summed E-state index contributed by atoms with van der Waals surface area (Å²) in [6, 6.07) is 8.92. The fourth-order valence-corrected chi connectivity index (χ4v) is 3.10. The Labute approximate surface area is 116 Å². The van der Waals surface area contributed by atoms with E-state index in [4.69, 9.17) is 0 Å². The van der Waals surface area contributed by atoms with Gasteiger partial charge in [0.15, 0.2) is 0 Å². The van der Waals surface area contributed by atoms with Crippen LogP contribution >= 0.6 is 11.3 Å². The molecule has 1 heterocycles. The molecule has 0 saturated heterocycles. The maximum Gasteiger partial charge on any atom is 0.132 e. The molecule has 2 aromatic carbocycles. The third-order valence-corrected chi connectivity index (χ3v) is 4.19. The molecule has 5 heteroatoms.